The largest absolute Gasteiger partial charge is 0.490 e. The second-order valence-electron chi connectivity index (χ2n) is 5.98. The van der Waals surface area contributed by atoms with Gasteiger partial charge in [-0.05, 0) is 50.6 Å². The van der Waals surface area contributed by atoms with Gasteiger partial charge < -0.3 is 9.72 Å². The van der Waals surface area contributed by atoms with E-state index in [4.69, 9.17) is 4.74 Å². The summed E-state index contributed by atoms with van der Waals surface area (Å²) in [5, 5.41) is 9.57. The number of fused-ring (bicyclic) bond motifs is 1. The molecule has 0 saturated carbocycles. The minimum Gasteiger partial charge on any atom is -0.490 e. The monoisotopic (exact) mass is 317 g/mol. The number of aromatic amines is 1. The maximum Gasteiger partial charge on any atom is 0.149 e. The number of rotatable bonds is 4. The highest BCUT2D eigenvalue weighted by Gasteiger charge is 2.10. The zero-order valence-corrected chi connectivity index (χ0v) is 14.0. The molecule has 120 valence electrons. The van der Waals surface area contributed by atoms with Crippen molar-refractivity contribution in [1.82, 2.24) is 9.97 Å². The van der Waals surface area contributed by atoms with Crippen molar-refractivity contribution in [2.24, 2.45) is 0 Å². The van der Waals surface area contributed by atoms with Crippen molar-refractivity contribution in [1.29, 1.82) is 5.26 Å². The van der Waals surface area contributed by atoms with Crippen LogP contribution in [0.5, 0.6) is 5.75 Å². The fourth-order valence-electron chi connectivity index (χ4n) is 2.52. The van der Waals surface area contributed by atoms with Gasteiger partial charge in [0.2, 0.25) is 0 Å². The maximum atomic E-state index is 9.57. The summed E-state index contributed by atoms with van der Waals surface area (Å²) in [6.07, 6.45) is 1.88. The molecule has 0 bridgehead atoms. The van der Waals surface area contributed by atoms with E-state index in [1.54, 1.807) is 0 Å². The van der Waals surface area contributed by atoms with E-state index in [1.165, 1.54) is 0 Å². The molecule has 0 aliphatic carbocycles. The molecular weight excluding hydrogens is 298 g/mol. The van der Waals surface area contributed by atoms with E-state index < -0.39 is 0 Å². The van der Waals surface area contributed by atoms with Crippen molar-refractivity contribution in [2.75, 3.05) is 0 Å². The summed E-state index contributed by atoms with van der Waals surface area (Å²) in [5.74, 6) is 1.32. The van der Waals surface area contributed by atoms with Crippen LogP contribution in [-0.4, -0.2) is 16.1 Å². The van der Waals surface area contributed by atoms with Gasteiger partial charge in [-0.15, -0.1) is 0 Å². The fraction of sp³-hybridized carbons (Fsp3) is 0.200. The predicted octanol–water partition coefficient (Wildman–Crippen LogP) is 4.72. The first-order valence-electron chi connectivity index (χ1n) is 7.91. The highest BCUT2D eigenvalue weighted by Crippen LogP contribution is 2.25. The van der Waals surface area contributed by atoms with Gasteiger partial charge in [0.15, 0.2) is 0 Å². The van der Waals surface area contributed by atoms with Crippen LogP contribution in [-0.2, 0) is 0 Å². The number of aryl methyl sites for hydroxylation is 1. The van der Waals surface area contributed by atoms with Crippen molar-refractivity contribution in [3.63, 3.8) is 0 Å². The molecular formula is C20H19N3O. The standard InChI is InChI=1S/C20H19N3O/c1-13(2)24-19-7-5-4-6-15(19)11-16(12-21)20-22-17-9-8-14(3)10-18(17)23-20/h4-11,13H,1-3H3,(H,22,23)/b16-11+. The zero-order valence-electron chi connectivity index (χ0n) is 14.0. The number of imidazole rings is 1. The Labute approximate surface area is 141 Å². The highest BCUT2D eigenvalue weighted by atomic mass is 16.5. The average molecular weight is 317 g/mol. The molecule has 1 heterocycles. The van der Waals surface area contributed by atoms with Crippen molar-refractivity contribution in [3.8, 4) is 11.8 Å². The summed E-state index contributed by atoms with van der Waals surface area (Å²) in [7, 11) is 0. The highest BCUT2D eigenvalue weighted by molar-refractivity contribution is 5.91. The molecule has 0 aliphatic heterocycles. The summed E-state index contributed by atoms with van der Waals surface area (Å²) in [4.78, 5) is 7.75. The molecule has 0 radical (unpaired) electrons. The van der Waals surface area contributed by atoms with Gasteiger partial charge in [0.1, 0.15) is 17.6 Å². The van der Waals surface area contributed by atoms with Crippen LogP contribution >= 0.6 is 0 Å². The van der Waals surface area contributed by atoms with Crippen LogP contribution in [0.3, 0.4) is 0 Å². The molecule has 1 N–H and O–H groups in total. The van der Waals surface area contributed by atoms with Gasteiger partial charge in [-0.1, -0.05) is 24.3 Å². The minimum atomic E-state index is 0.0688. The first-order chi connectivity index (χ1) is 11.6. The lowest BCUT2D eigenvalue weighted by Crippen LogP contribution is -2.06. The van der Waals surface area contributed by atoms with Crippen molar-refractivity contribution >= 4 is 22.7 Å². The fourth-order valence-corrected chi connectivity index (χ4v) is 2.52. The maximum absolute atomic E-state index is 9.57. The van der Waals surface area contributed by atoms with Crippen LogP contribution in [0, 0.1) is 18.3 Å². The van der Waals surface area contributed by atoms with Crippen LogP contribution in [0.2, 0.25) is 0 Å². The lowest BCUT2D eigenvalue weighted by molar-refractivity contribution is 0.242. The Bertz CT molecular complexity index is 945. The molecule has 4 heteroatoms. The first-order valence-corrected chi connectivity index (χ1v) is 7.91. The number of hydrogen-bond acceptors (Lipinski definition) is 3. The number of hydrogen-bond donors (Lipinski definition) is 1. The number of H-pyrrole nitrogens is 1. The lowest BCUT2D eigenvalue weighted by Gasteiger charge is -2.12. The van der Waals surface area contributed by atoms with Crippen LogP contribution < -0.4 is 4.74 Å². The van der Waals surface area contributed by atoms with Crippen molar-refractivity contribution < 1.29 is 4.74 Å². The quantitative estimate of drug-likeness (QED) is 0.708. The van der Waals surface area contributed by atoms with Gasteiger partial charge in [-0.3, -0.25) is 0 Å². The number of ether oxygens (including phenoxy) is 1. The third-order valence-electron chi connectivity index (χ3n) is 3.59. The molecule has 0 amide bonds. The van der Waals surface area contributed by atoms with Crippen molar-refractivity contribution in [3.05, 3.63) is 59.4 Å². The van der Waals surface area contributed by atoms with Crippen LogP contribution in [0.15, 0.2) is 42.5 Å². The Kier molecular flexibility index (Phi) is 4.35. The minimum absolute atomic E-state index is 0.0688. The normalized spacial score (nSPS) is 11.7. The molecule has 0 aliphatic rings. The Morgan fingerprint density at radius 2 is 2.04 bits per heavy atom. The predicted molar refractivity (Wildman–Crippen MR) is 96.5 cm³/mol. The molecule has 3 rings (SSSR count). The zero-order chi connectivity index (χ0) is 17.1. The van der Waals surface area contributed by atoms with E-state index in [0.29, 0.717) is 11.4 Å². The molecule has 1 aromatic heterocycles. The number of nitrogens with zero attached hydrogens (tertiary/aromatic N) is 2. The Morgan fingerprint density at radius 3 is 2.79 bits per heavy atom. The summed E-state index contributed by atoms with van der Waals surface area (Å²) >= 11 is 0. The number of nitrogens with one attached hydrogen (secondary N) is 1. The molecule has 2 aromatic carbocycles. The van der Waals surface area contributed by atoms with Gasteiger partial charge in [0, 0.05) is 5.56 Å². The second-order valence-corrected chi connectivity index (χ2v) is 5.98. The number of allylic oxidation sites excluding steroid dienone is 1. The van der Waals surface area contributed by atoms with Crippen LogP contribution in [0.1, 0.15) is 30.8 Å². The van der Waals surface area contributed by atoms with Gasteiger partial charge in [-0.25, -0.2) is 4.98 Å². The molecule has 0 unspecified atom stereocenters. The van der Waals surface area contributed by atoms with Crippen LogP contribution in [0.25, 0.3) is 22.7 Å². The van der Waals surface area contributed by atoms with Gasteiger partial charge in [0.25, 0.3) is 0 Å². The second kappa shape index (κ2) is 6.59. The number of benzene rings is 2. The molecule has 3 aromatic rings. The third kappa shape index (κ3) is 3.31. The molecule has 0 atom stereocenters. The van der Waals surface area contributed by atoms with Crippen molar-refractivity contribution in [2.45, 2.75) is 26.9 Å². The SMILES string of the molecule is Cc1ccc2nc(/C(C#N)=C/c3ccccc3OC(C)C)[nH]c2c1. The summed E-state index contributed by atoms with van der Waals surface area (Å²) in [6, 6.07) is 15.9. The Balaban J connectivity index is 2.05. The van der Waals surface area contributed by atoms with E-state index >= 15 is 0 Å². The summed E-state index contributed by atoms with van der Waals surface area (Å²) < 4.78 is 5.82. The molecule has 0 fully saturated rings. The van der Waals surface area contributed by atoms with Gasteiger partial charge in [0.05, 0.1) is 22.7 Å². The van der Waals surface area contributed by atoms with E-state index in [9.17, 15) is 5.26 Å². The Morgan fingerprint density at radius 1 is 1.25 bits per heavy atom. The summed E-state index contributed by atoms with van der Waals surface area (Å²) in [6.45, 7) is 5.99. The molecule has 4 nitrogen and oxygen atoms in total. The van der Waals surface area contributed by atoms with E-state index in [2.05, 4.69) is 16.0 Å². The van der Waals surface area contributed by atoms with Crippen LogP contribution in [0.4, 0.5) is 0 Å². The Hall–Kier alpha value is -3.06. The molecule has 0 saturated heterocycles. The first kappa shape index (κ1) is 15.8. The topological polar surface area (TPSA) is 61.7 Å². The van der Waals surface area contributed by atoms with E-state index in [0.717, 1.165) is 27.9 Å². The van der Waals surface area contributed by atoms with E-state index in [1.807, 2.05) is 69.3 Å². The molecule has 24 heavy (non-hydrogen) atoms. The number of para-hydroxylation sites is 1. The summed E-state index contributed by atoms with van der Waals surface area (Å²) in [5.41, 5.74) is 4.26. The number of aromatic nitrogens is 2. The average Bonchev–Trinajstić information content (AvgIpc) is 2.96. The smallest absolute Gasteiger partial charge is 0.149 e. The number of nitriles is 1. The van der Waals surface area contributed by atoms with E-state index in [-0.39, 0.29) is 6.10 Å². The molecule has 0 spiro atoms. The van der Waals surface area contributed by atoms with Gasteiger partial charge >= 0.3 is 0 Å². The third-order valence-corrected chi connectivity index (χ3v) is 3.59. The lowest BCUT2D eigenvalue weighted by atomic mass is 10.1. The van der Waals surface area contributed by atoms with Gasteiger partial charge in [-0.2, -0.15) is 5.26 Å².